The van der Waals surface area contributed by atoms with E-state index in [1.165, 1.54) is 4.90 Å². The van der Waals surface area contributed by atoms with E-state index < -0.39 is 17.6 Å². The van der Waals surface area contributed by atoms with Crippen molar-refractivity contribution in [3.63, 3.8) is 0 Å². The van der Waals surface area contributed by atoms with Crippen molar-refractivity contribution in [2.24, 2.45) is 0 Å². The number of aromatic nitrogens is 1. The average Bonchev–Trinajstić information content (AvgIpc) is 2.79. The number of carboxylic acid groups (broad SMARTS) is 1. The molecule has 8 nitrogen and oxygen atoms in total. The van der Waals surface area contributed by atoms with Crippen molar-refractivity contribution in [2.45, 2.75) is 6.42 Å². The molecule has 1 aliphatic rings. The van der Waals surface area contributed by atoms with Gasteiger partial charge in [-0.2, -0.15) is 0 Å². The number of hydrogen-bond donors (Lipinski definition) is 1. The summed E-state index contributed by atoms with van der Waals surface area (Å²) in [6.45, 7) is 0.969. The Morgan fingerprint density at radius 1 is 1.42 bits per heavy atom. The molecule has 1 saturated heterocycles. The van der Waals surface area contributed by atoms with Crippen LogP contribution >= 0.6 is 0 Å². The molecule has 1 aromatic rings. The van der Waals surface area contributed by atoms with Crippen LogP contribution in [0.5, 0.6) is 0 Å². The van der Waals surface area contributed by atoms with E-state index in [0.29, 0.717) is 19.5 Å². The Bertz CT molecular complexity index is 524. The summed E-state index contributed by atoms with van der Waals surface area (Å²) < 4.78 is 4.52. The second kappa shape index (κ2) is 5.09. The topological polar surface area (TPSA) is 104 Å². The van der Waals surface area contributed by atoms with E-state index in [0.717, 1.165) is 6.07 Å². The van der Waals surface area contributed by atoms with Crippen LogP contribution in [0.3, 0.4) is 0 Å². The first-order chi connectivity index (χ1) is 8.99. The zero-order valence-corrected chi connectivity index (χ0v) is 10.3. The Morgan fingerprint density at radius 3 is 2.79 bits per heavy atom. The van der Waals surface area contributed by atoms with E-state index in [4.69, 9.17) is 5.11 Å². The molecule has 0 radical (unpaired) electrons. The van der Waals surface area contributed by atoms with Crippen LogP contribution in [0.15, 0.2) is 10.6 Å². The third-order valence-corrected chi connectivity index (χ3v) is 2.90. The van der Waals surface area contributed by atoms with E-state index in [9.17, 15) is 14.4 Å². The fraction of sp³-hybridized carbons (Fsp3) is 0.455. The molecule has 2 heterocycles. The molecule has 1 aromatic heterocycles. The minimum atomic E-state index is -1.29. The molecule has 0 aliphatic carbocycles. The summed E-state index contributed by atoms with van der Waals surface area (Å²) >= 11 is 0. The van der Waals surface area contributed by atoms with Gasteiger partial charge in [-0.3, -0.25) is 9.59 Å². The molecule has 102 valence electrons. The van der Waals surface area contributed by atoms with Gasteiger partial charge in [-0.05, 0) is 6.42 Å². The summed E-state index contributed by atoms with van der Waals surface area (Å²) in [4.78, 5) is 37.3. The maximum absolute atomic E-state index is 12.1. The summed E-state index contributed by atoms with van der Waals surface area (Å²) in [6, 6.07) is 1.06. The molecular weight excluding hydrogens is 254 g/mol. The number of aromatic carboxylic acids is 1. The zero-order valence-electron chi connectivity index (χ0n) is 10.3. The summed E-state index contributed by atoms with van der Waals surface area (Å²) in [5.41, 5.74) is -0.102. The number of carbonyl (C=O) groups is 3. The predicted octanol–water partition coefficient (Wildman–Crippen LogP) is -0.323. The standard InChI is InChI=1S/C11H13N3O5/c1-13-3-2-4-14(6-9(13)15)10(16)7-5-8(11(17)18)19-12-7/h5H,2-4,6H2,1H3,(H,17,18). The molecule has 0 aromatic carbocycles. The summed E-state index contributed by atoms with van der Waals surface area (Å²) in [7, 11) is 1.68. The van der Waals surface area contributed by atoms with E-state index in [-0.39, 0.29) is 18.1 Å². The molecule has 19 heavy (non-hydrogen) atoms. The predicted molar refractivity (Wildman–Crippen MR) is 61.6 cm³/mol. The molecule has 1 N–H and O–H groups in total. The molecule has 2 rings (SSSR count). The van der Waals surface area contributed by atoms with Crippen molar-refractivity contribution in [2.75, 3.05) is 26.7 Å². The van der Waals surface area contributed by atoms with Crippen LogP contribution in [0, 0.1) is 0 Å². The highest BCUT2D eigenvalue weighted by Gasteiger charge is 2.26. The molecule has 1 fully saturated rings. The van der Waals surface area contributed by atoms with E-state index >= 15 is 0 Å². The first kappa shape index (κ1) is 13.1. The summed E-state index contributed by atoms with van der Waals surface area (Å²) in [5.74, 6) is -2.35. The zero-order chi connectivity index (χ0) is 14.0. The lowest BCUT2D eigenvalue weighted by Gasteiger charge is -2.18. The number of carbonyl (C=O) groups excluding carboxylic acids is 2. The molecule has 0 saturated carbocycles. The molecular formula is C11H13N3O5. The van der Waals surface area contributed by atoms with Gasteiger partial charge >= 0.3 is 5.97 Å². The molecule has 0 spiro atoms. The van der Waals surface area contributed by atoms with Crippen molar-refractivity contribution >= 4 is 17.8 Å². The maximum Gasteiger partial charge on any atom is 0.374 e. The van der Waals surface area contributed by atoms with Gasteiger partial charge in [0.15, 0.2) is 5.69 Å². The SMILES string of the molecule is CN1CCCN(C(=O)c2cc(C(=O)O)on2)CC1=O. The normalized spacial score (nSPS) is 16.4. The molecule has 0 bridgehead atoms. The molecule has 2 amide bonds. The number of amides is 2. The largest absolute Gasteiger partial charge is 0.475 e. The fourth-order valence-corrected chi connectivity index (χ4v) is 1.80. The van der Waals surface area contributed by atoms with Gasteiger partial charge in [0.2, 0.25) is 11.7 Å². The number of hydrogen-bond acceptors (Lipinski definition) is 5. The van der Waals surface area contributed by atoms with Crippen LogP contribution in [0.2, 0.25) is 0 Å². The second-order valence-corrected chi connectivity index (χ2v) is 4.28. The molecule has 0 unspecified atom stereocenters. The Balaban J connectivity index is 2.14. The first-order valence-corrected chi connectivity index (χ1v) is 5.72. The van der Waals surface area contributed by atoms with Crippen molar-refractivity contribution in [1.82, 2.24) is 15.0 Å². The monoisotopic (exact) mass is 267 g/mol. The number of likely N-dealkylation sites (N-methyl/N-ethyl adjacent to an activating group) is 1. The van der Waals surface area contributed by atoms with Crippen LogP contribution in [-0.4, -0.2) is 64.5 Å². The third kappa shape index (κ3) is 2.72. The highest BCUT2D eigenvalue weighted by Crippen LogP contribution is 2.10. The molecule has 0 atom stereocenters. The van der Waals surface area contributed by atoms with Gasteiger partial charge in [-0.1, -0.05) is 5.16 Å². The smallest absolute Gasteiger partial charge is 0.374 e. The van der Waals surface area contributed by atoms with Gasteiger partial charge in [0.25, 0.3) is 5.91 Å². The highest BCUT2D eigenvalue weighted by molar-refractivity contribution is 5.96. The van der Waals surface area contributed by atoms with Crippen LogP contribution in [0.25, 0.3) is 0 Å². The van der Waals surface area contributed by atoms with Gasteiger partial charge in [0.1, 0.15) is 6.54 Å². The van der Waals surface area contributed by atoms with E-state index in [2.05, 4.69) is 9.68 Å². The lowest BCUT2D eigenvalue weighted by molar-refractivity contribution is -0.129. The minimum Gasteiger partial charge on any atom is -0.475 e. The quantitative estimate of drug-likeness (QED) is 0.787. The number of carboxylic acids is 1. The van der Waals surface area contributed by atoms with Gasteiger partial charge in [0, 0.05) is 26.2 Å². The minimum absolute atomic E-state index is 0.0371. The van der Waals surface area contributed by atoms with E-state index in [1.807, 2.05) is 0 Å². The van der Waals surface area contributed by atoms with Crippen LogP contribution < -0.4 is 0 Å². The van der Waals surface area contributed by atoms with Gasteiger partial charge in [0.05, 0.1) is 0 Å². The maximum atomic E-state index is 12.1. The van der Waals surface area contributed by atoms with Crippen molar-refractivity contribution in [3.8, 4) is 0 Å². The Kier molecular flexibility index (Phi) is 3.50. The van der Waals surface area contributed by atoms with Gasteiger partial charge in [-0.25, -0.2) is 4.79 Å². The Morgan fingerprint density at radius 2 is 2.16 bits per heavy atom. The molecule has 1 aliphatic heterocycles. The Hall–Kier alpha value is -2.38. The van der Waals surface area contributed by atoms with Crippen LogP contribution in [0.1, 0.15) is 27.5 Å². The van der Waals surface area contributed by atoms with Gasteiger partial charge < -0.3 is 19.4 Å². The Labute approximate surface area is 108 Å². The van der Waals surface area contributed by atoms with Crippen molar-refractivity contribution < 1.29 is 24.0 Å². The average molecular weight is 267 g/mol. The highest BCUT2D eigenvalue weighted by atomic mass is 16.5. The van der Waals surface area contributed by atoms with Crippen LogP contribution in [-0.2, 0) is 4.79 Å². The summed E-state index contributed by atoms with van der Waals surface area (Å²) in [5, 5.41) is 12.1. The number of rotatable bonds is 2. The fourth-order valence-electron chi connectivity index (χ4n) is 1.80. The lowest BCUT2D eigenvalue weighted by atomic mass is 10.3. The van der Waals surface area contributed by atoms with Crippen molar-refractivity contribution in [3.05, 3.63) is 17.5 Å². The summed E-state index contributed by atoms with van der Waals surface area (Å²) in [6.07, 6.45) is 0.664. The number of nitrogens with zero attached hydrogens (tertiary/aromatic N) is 3. The first-order valence-electron chi connectivity index (χ1n) is 5.72. The lowest BCUT2D eigenvalue weighted by Crippen LogP contribution is -2.38. The second-order valence-electron chi connectivity index (χ2n) is 4.28. The third-order valence-electron chi connectivity index (χ3n) is 2.90. The van der Waals surface area contributed by atoms with Gasteiger partial charge in [-0.15, -0.1) is 0 Å². The van der Waals surface area contributed by atoms with E-state index in [1.54, 1.807) is 11.9 Å². The molecule has 8 heteroatoms. The van der Waals surface area contributed by atoms with Crippen LogP contribution in [0.4, 0.5) is 0 Å². The van der Waals surface area contributed by atoms with Crippen molar-refractivity contribution in [1.29, 1.82) is 0 Å².